The van der Waals surface area contributed by atoms with Gasteiger partial charge < -0.3 is 14.8 Å². The largest absolute Gasteiger partial charge is 0.496 e. The summed E-state index contributed by atoms with van der Waals surface area (Å²) in [5, 5.41) is 3.03. The van der Waals surface area contributed by atoms with Crippen molar-refractivity contribution in [2.45, 2.75) is 53.0 Å². The molecule has 0 aliphatic heterocycles. The van der Waals surface area contributed by atoms with Gasteiger partial charge in [0.2, 0.25) is 0 Å². The van der Waals surface area contributed by atoms with Crippen molar-refractivity contribution in [1.82, 2.24) is 5.32 Å². The van der Waals surface area contributed by atoms with Gasteiger partial charge in [-0.1, -0.05) is 26.8 Å². The average molecular weight is 448 g/mol. The molecule has 0 heterocycles. The molecule has 0 aliphatic carbocycles. The average Bonchev–Trinajstić information content (AvgIpc) is 2.66. The van der Waals surface area contributed by atoms with Crippen molar-refractivity contribution in [1.29, 1.82) is 0 Å². The van der Waals surface area contributed by atoms with Crippen molar-refractivity contribution in [2.24, 2.45) is 0 Å². The Hall–Kier alpha value is -2.01. The third-order valence-electron chi connectivity index (χ3n) is 4.85. The zero-order valence-corrected chi connectivity index (χ0v) is 19.1. The molecule has 2 aromatic rings. The number of carbonyl (C=O) groups excluding carboxylic acids is 1. The van der Waals surface area contributed by atoms with Crippen molar-refractivity contribution >= 4 is 21.8 Å². The molecule has 28 heavy (non-hydrogen) atoms. The number of amides is 1. The Morgan fingerprint density at radius 2 is 1.82 bits per heavy atom. The maximum atomic E-state index is 12.4. The highest BCUT2D eigenvalue weighted by atomic mass is 79.9. The van der Waals surface area contributed by atoms with Crippen molar-refractivity contribution in [3.05, 3.63) is 57.1 Å². The number of methoxy groups -OCH3 is 1. The molecule has 2 aromatic carbocycles. The van der Waals surface area contributed by atoms with E-state index >= 15 is 0 Å². The molecular formula is C23H30BrNO3. The van der Waals surface area contributed by atoms with Gasteiger partial charge in [0.05, 0.1) is 17.6 Å². The Kier molecular flexibility index (Phi) is 7.93. The number of halogens is 1. The van der Waals surface area contributed by atoms with Crippen LogP contribution in [0.2, 0.25) is 0 Å². The molecule has 1 unspecified atom stereocenters. The van der Waals surface area contributed by atoms with Gasteiger partial charge in [-0.15, -0.1) is 0 Å². The Bertz CT molecular complexity index is 833. The zero-order valence-electron chi connectivity index (χ0n) is 17.6. The highest BCUT2D eigenvalue weighted by Crippen LogP contribution is 2.32. The summed E-state index contributed by atoms with van der Waals surface area (Å²) in [4.78, 5) is 12.4. The van der Waals surface area contributed by atoms with Gasteiger partial charge in [0.25, 0.3) is 5.91 Å². The van der Waals surface area contributed by atoms with Crippen LogP contribution in [0.1, 0.15) is 61.9 Å². The van der Waals surface area contributed by atoms with Crippen LogP contribution in [0, 0.1) is 6.92 Å². The van der Waals surface area contributed by atoms with Crippen LogP contribution in [0.3, 0.4) is 0 Å². The van der Waals surface area contributed by atoms with Gasteiger partial charge >= 0.3 is 0 Å². The summed E-state index contributed by atoms with van der Waals surface area (Å²) in [7, 11) is 1.69. The number of carbonyl (C=O) groups is 1. The van der Waals surface area contributed by atoms with Gasteiger partial charge in [-0.25, -0.2) is 0 Å². The summed E-state index contributed by atoms with van der Waals surface area (Å²) in [5.41, 5.74) is 4.54. The molecule has 0 aromatic heterocycles. The molecule has 5 heteroatoms. The van der Waals surface area contributed by atoms with Crippen LogP contribution in [0.15, 0.2) is 34.8 Å². The molecule has 1 N–H and O–H groups in total. The van der Waals surface area contributed by atoms with E-state index < -0.39 is 0 Å². The lowest BCUT2D eigenvalue weighted by Gasteiger charge is -2.21. The second-order valence-electron chi connectivity index (χ2n) is 7.30. The number of aryl methyl sites for hydroxylation is 2. The molecule has 4 nitrogen and oxygen atoms in total. The normalized spacial score (nSPS) is 12.0. The maximum absolute atomic E-state index is 12.4. The Balaban J connectivity index is 2.05. The van der Waals surface area contributed by atoms with Crippen LogP contribution in [-0.4, -0.2) is 19.6 Å². The highest BCUT2D eigenvalue weighted by Gasteiger charge is 2.17. The monoisotopic (exact) mass is 447 g/mol. The molecule has 0 bridgehead atoms. The molecule has 0 radical (unpaired) electrons. The van der Waals surface area contributed by atoms with E-state index in [2.05, 4.69) is 48.1 Å². The molecule has 1 amide bonds. The van der Waals surface area contributed by atoms with E-state index in [4.69, 9.17) is 9.47 Å². The van der Waals surface area contributed by atoms with Crippen molar-refractivity contribution in [2.75, 3.05) is 13.7 Å². The van der Waals surface area contributed by atoms with Crippen molar-refractivity contribution in [3.8, 4) is 11.5 Å². The fourth-order valence-electron chi connectivity index (χ4n) is 3.20. The van der Waals surface area contributed by atoms with Crippen LogP contribution in [0.4, 0.5) is 0 Å². The van der Waals surface area contributed by atoms with Gasteiger partial charge in [-0.3, -0.25) is 4.79 Å². The smallest absolute Gasteiger partial charge is 0.258 e. The standard InChI is InChI=1S/C23H30BrNO3/c1-7-17-8-9-21(20(24)11-17)28-13-23(26)25-16(5)19-12-18(14(2)3)22(27-6)10-15(19)4/h8-12,14,16H,7,13H2,1-6H3,(H,25,26). The first-order valence-electron chi connectivity index (χ1n) is 9.65. The summed E-state index contributed by atoms with van der Waals surface area (Å²) in [6.07, 6.45) is 0.955. The van der Waals surface area contributed by atoms with E-state index in [0.717, 1.165) is 33.3 Å². The third-order valence-corrected chi connectivity index (χ3v) is 5.47. The highest BCUT2D eigenvalue weighted by molar-refractivity contribution is 9.10. The minimum Gasteiger partial charge on any atom is -0.496 e. The summed E-state index contributed by atoms with van der Waals surface area (Å²) >= 11 is 3.50. The van der Waals surface area contributed by atoms with Crippen molar-refractivity contribution < 1.29 is 14.3 Å². The minimum absolute atomic E-state index is 0.0271. The number of nitrogens with one attached hydrogen (secondary N) is 1. The summed E-state index contributed by atoms with van der Waals surface area (Å²) in [6, 6.07) is 9.97. The number of hydrogen-bond acceptors (Lipinski definition) is 3. The van der Waals surface area contributed by atoms with Crippen LogP contribution in [-0.2, 0) is 11.2 Å². The van der Waals surface area contributed by atoms with Crippen LogP contribution in [0.25, 0.3) is 0 Å². The van der Waals surface area contributed by atoms with Gasteiger partial charge in [0.15, 0.2) is 6.61 Å². The second kappa shape index (κ2) is 9.97. The molecule has 0 saturated heterocycles. The van der Waals surface area contributed by atoms with E-state index in [1.54, 1.807) is 7.11 Å². The minimum atomic E-state index is -0.153. The van der Waals surface area contributed by atoms with E-state index in [1.807, 2.05) is 38.1 Å². The predicted molar refractivity (Wildman–Crippen MR) is 117 cm³/mol. The van der Waals surface area contributed by atoms with Gasteiger partial charge in [0, 0.05) is 0 Å². The SMILES string of the molecule is CCc1ccc(OCC(=O)NC(C)c2cc(C(C)C)c(OC)cc2C)c(Br)c1. The molecule has 0 saturated carbocycles. The Morgan fingerprint density at radius 1 is 1.11 bits per heavy atom. The van der Waals surface area contributed by atoms with Gasteiger partial charge in [0.1, 0.15) is 11.5 Å². The van der Waals surface area contributed by atoms with Crippen LogP contribution >= 0.6 is 15.9 Å². The maximum Gasteiger partial charge on any atom is 0.258 e. The van der Waals surface area contributed by atoms with E-state index in [0.29, 0.717) is 11.7 Å². The van der Waals surface area contributed by atoms with Gasteiger partial charge in [-0.05, 0) is 88.6 Å². The summed E-state index contributed by atoms with van der Waals surface area (Å²) < 4.78 is 12.1. The van der Waals surface area contributed by atoms with Crippen LogP contribution in [0.5, 0.6) is 11.5 Å². The number of ether oxygens (including phenoxy) is 2. The zero-order chi connectivity index (χ0) is 20.8. The Morgan fingerprint density at radius 3 is 2.39 bits per heavy atom. The lowest BCUT2D eigenvalue weighted by molar-refractivity contribution is -0.123. The van der Waals surface area contributed by atoms with E-state index in [1.165, 1.54) is 5.56 Å². The van der Waals surface area contributed by atoms with E-state index in [-0.39, 0.29) is 18.6 Å². The molecule has 1 atom stereocenters. The lowest BCUT2D eigenvalue weighted by Crippen LogP contribution is -2.31. The Labute approximate surface area is 176 Å². The quantitative estimate of drug-likeness (QED) is 0.563. The molecule has 0 fully saturated rings. The topological polar surface area (TPSA) is 47.6 Å². The third kappa shape index (κ3) is 5.51. The summed E-state index contributed by atoms with van der Waals surface area (Å²) in [5.74, 6) is 1.74. The number of hydrogen-bond donors (Lipinski definition) is 1. The molecule has 2 rings (SSSR count). The lowest BCUT2D eigenvalue weighted by atomic mass is 9.93. The number of rotatable bonds is 8. The first kappa shape index (κ1) is 22.3. The molecule has 0 aliphatic rings. The molecule has 152 valence electrons. The van der Waals surface area contributed by atoms with Crippen molar-refractivity contribution in [3.63, 3.8) is 0 Å². The van der Waals surface area contributed by atoms with Crippen LogP contribution < -0.4 is 14.8 Å². The van der Waals surface area contributed by atoms with E-state index in [9.17, 15) is 4.79 Å². The molecule has 0 spiro atoms. The number of benzene rings is 2. The first-order chi connectivity index (χ1) is 13.3. The fourth-order valence-corrected chi connectivity index (χ4v) is 3.74. The first-order valence-corrected chi connectivity index (χ1v) is 10.4. The fraction of sp³-hybridized carbons (Fsp3) is 0.435. The molecular weight excluding hydrogens is 418 g/mol. The predicted octanol–water partition coefficient (Wildman–Crippen LogP) is 5.71. The second-order valence-corrected chi connectivity index (χ2v) is 8.16. The summed E-state index contributed by atoms with van der Waals surface area (Å²) in [6.45, 7) is 10.4. The van der Waals surface area contributed by atoms with Gasteiger partial charge in [-0.2, -0.15) is 0 Å².